The minimum Gasteiger partial charge on any atom is -0.469 e. The monoisotopic (exact) mass is 245 g/mol. The van der Waals surface area contributed by atoms with E-state index in [1.54, 1.807) is 0 Å². The summed E-state index contributed by atoms with van der Waals surface area (Å²) >= 11 is 0. The number of carbonyl (C=O) groups is 1. The van der Waals surface area contributed by atoms with Gasteiger partial charge in [-0.15, -0.1) is 0 Å². The molecule has 17 heavy (non-hydrogen) atoms. The highest BCUT2D eigenvalue weighted by molar-refractivity contribution is 5.69. The first-order valence-electron chi connectivity index (χ1n) is 6.10. The number of esters is 1. The van der Waals surface area contributed by atoms with E-state index in [-0.39, 0.29) is 11.5 Å². The molecule has 5 heteroatoms. The van der Waals surface area contributed by atoms with Crippen molar-refractivity contribution in [2.45, 2.75) is 38.1 Å². The molecule has 5 nitrogen and oxygen atoms in total. The standard InChI is InChI=1S/C12H23NO4/c1-12(7-10-17-16-3)6-4-8-13(12)9-5-11(14)15-2/h4-10H2,1-3H3. The molecule has 0 aromatic carbocycles. The number of rotatable bonds is 7. The van der Waals surface area contributed by atoms with Crippen LogP contribution in [-0.2, 0) is 19.3 Å². The first-order chi connectivity index (χ1) is 8.12. The first-order valence-corrected chi connectivity index (χ1v) is 6.10. The van der Waals surface area contributed by atoms with Crippen molar-refractivity contribution in [3.63, 3.8) is 0 Å². The Morgan fingerprint density at radius 2 is 2.18 bits per heavy atom. The van der Waals surface area contributed by atoms with Crippen LogP contribution < -0.4 is 0 Å². The first kappa shape index (κ1) is 14.4. The third-order valence-corrected chi connectivity index (χ3v) is 3.56. The number of hydrogen-bond donors (Lipinski definition) is 0. The quantitative estimate of drug-likeness (QED) is 0.293. The van der Waals surface area contributed by atoms with Crippen molar-refractivity contribution in [2.75, 3.05) is 33.9 Å². The van der Waals surface area contributed by atoms with E-state index in [0.717, 1.165) is 25.9 Å². The average molecular weight is 245 g/mol. The van der Waals surface area contributed by atoms with E-state index in [0.29, 0.717) is 13.0 Å². The highest BCUT2D eigenvalue weighted by Gasteiger charge is 2.36. The van der Waals surface area contributed by atoms with Gasteiger partial charge in [-0.05, 0) is 32.7 Å². The van der Waals surface area contributed by atoms with Gasteiger partial charge < -0.3 is 4.74 Å². The molecule has 1 aliphatic rings. The summed E-state index contributed by atoms with van der Waals surface area (Å²) in [5, 5.41) is 0. The molecular formula is C12H23NO4. The molecule has 1 fully saturated rings. The second-order valence-corrected chi connectivity index (χ2v) is 4.65. The highest BCUT2D eigenvalue weighted by Crippen LogP contribution is 2.32. The Kier molecular flexibility index (Phi) is 5.88. The Morgan fingerprint density at radius 1 is 1.41 bits per heavy atom. The largest absolute Gasteiger partial charge is 0.469 e. The molecule has 0 aliphatic carbocycles. The fourth-order valence-electron chi connectivity index (χ4n) is 2.42. The van der Waals surface area contributed by atoms with Crippen LogP contribution in [0.5, 0.6) is 0 Å². The van der Waals surface area contributed by atoms with Crippen molar-refractivity contribution in [2.24, 2.45) is 0 Å². The van der Waals surface area contributed by atoms with E-state index in [4.69, 9.17) is 4.89 Å². The molecule has 0 radical (unpaired) electrons. The summed E-state index contributed by atoms with van der Waals surface area (Å²) in [6, 6.07) is 0. The van der Waals surface area contributed by atoms with Gasteiger partial charge in [0.15, 0.2) is 0 Å². The Morgan fingerprint density at radius 3 is 2.82 bits per heavy atom. The van der Waals surface area contributed by atoms with E-state index in [2.05, 4.69) is 21.4 Å². The Labute approximate surface area is 103 Å². The lowest BCUT2D eigenvalue weighted by molar-refractivity contribution is -0.275. The second-order valence-electron chi connectivity index (χ2n) is 4.65. The van der Waals surface area contributed by atoms with E-state index in [1.807, 2.05) is 0 Å². The average Bonchev–Trinajstić information content (AvgIpc) is 2.68. The van der Waals surface area contributed by atoms with Gasteiger partial charge in [-0.2, -0.15) is 0 Å². The number of methoxy groups -OCH3 is 1. The zero-order chi connectivity index (χ0) is 12.7. The van der Waals surface area contributed by atoms with Crippen molar-refractivity contribution >= 4 is 5.97 Å². The van der Waals surface area contributed by atoms with Crippen molar-refractivity contribution in [1.29, 1.82) is 0 Å². The third kappa shape index (κ3) is 4.26. The predicted molar refractivity (Wildman–Crippen MR) is 63.4 cm³/mol. The van der Waals surface area contributed by atoms with Crippen molar-refractivity contribution in [3.05, 3.63) is 0 Å². The second kappa shape index (κ2) is 6.93. The maximum atomic E-state index is 11.1. The molecule has 1 aliphatic heterocycles. The van der Waals surface area contributed by atoms with Crippen LogP contribution in [0.1, 0.15) is 32.6 Å². The molecule has 1 rings (SSSR count). The third-order valence-electron chi connectivity index (χ3n) is 3.56. The smallest absolute Gasteiger partial charge is 0.306 e. The van der Waals surface area contributed by atoms with Crippen LogP contribution >= 0.6 is 0 Å². The summed E-state index contributed by atoms with van der Waals surface area (Å²) in [4.78, 5) is 23.0. The fourth-order valence-corrected chi connectivity index (χ4v) is 2.42. The minimum atomic E-state index is -0.146. The summed E-state index contributed by atoms with van der Waals surface area (Å²) in [5.41, 5.74) is 0.118. The number of hydrogen-bond acceptors (Lipinski definition) is 5. The number of carbonyl (C=O) groups excluding carboxylic acids is 1. The van der Waals surface area contributed by atoms with Gasteiger partial charge in [0.05, 0.1) is 27.2 Å². The van der Waals surface area contributed by atoms with Crippen LogP contribution in [0.15, 0.2) is 0 Å². The van der Waals surface area contributed by atoms with Gasteiger partial charge >= 0.3 is 5.97 Å². The van der Waals surface area contributed by atoms with Crippen molar-refractivity contribution < 1.29 is 19.3 Å². The molecule has 0 spiro atoms. The van der Waals surface area contributed by atoms with Gasteiger partial charge in [-0.1, -0.05) is 0 Å². The van der Waals surface area contributed by atoms with E-state index >= 15 is 0 Å². The summed E-state index contributed by atoms with van der Waals surface area (Å²) in [6.07, 6.45) is 3.69. The molecule has 1 heterocycles. The SMILES string of the molecule is COOCCC1(C)CCCN1CCC(=O)OC. The number of likely N-dealkylation sites (tertiary alicyclic amines) is 1. The van der Waals surface area contributed by atoms with Crippen LogP contribution in [0.3, 0.4) is 0 Å². The Bertz CT molecular complexity index is 247. The molecule has 0 bridgehead atoms. The van der Waals surface area contributed by atoms with Crippen LogP contribution in [0.4, 0.5) is 0 Å². The van der Waals surface area contributed by atoms with Crippen LogP contribution in [0.25, 0.3) is 0 Å². The maximum absolute atomic E-state index is 11.1. The summed E-state index contributed by atoms with van der Waals surface area (Å²) in [7, 11) is 2.95. The van der Waals surface area contributed by atoms with Gasteiger partial charge in [-0.3, -0.25) is 9.69 Å². The summed E-state index contributed by atoms with van der Waals surface area (Å²) < 4.78 is 4.67. The van der Waals surface area contributed by atoms with Crippen LogP contribution in [0, 0.1) is 0 Å². The van der Waals surface area contributed by atoms with Gasteiger partial charge in [0, 0.05) is 12.1 Å². The normalized spacial score (nSPS) is 25.1. The lowest BCUT2D eigenvalue weighted by atomic mass is 9.95. The Balaban J connectivity index is 2.38. The zero-order valence-electron chi connectivity index (χ0n) is 11.0. The minimum absolute atomic E-state index is 0.118. The number of nitrogens with zero attached hydrogens (tertiary/aromatic N) is 1. The predicted octanol–water partition coefficient (Wildman–Crippen LogP) is 1.37. The van der Waals surface area contributed by atoms with Crippen LogP contribution in [-0.4, -0.2) is 50.3 Å². The molecule has 0 aromatic heterocycles. The van der Waals surface area contributed by atoms with Crippen molar-refractivity contribution in [1.82, 2.24) is 4.90 Å². The maximum Gasteiger partial charge on any atom is 0.306 e. The van der Waals surface area contributed by atoms with E-state index < -0.39 is 0 Å². The molecule has 0 amide bonds. The molecule has 0 N–H and O–H groups in total. The zero-order valence-corrected chi connectivity index (χ0v) is 11.0. The molecule has 1 unspecified atom stereocenters. The lowest BCUT2D eigenvalue weighted by Gasteiger charge is -2.34. The molecule has 100 valence electrons. The van der Waals surface area contributed by atoms with Crippen molar-refractivity contribution in [3.8, 4) is 0 Å². The van der Waals surface area contributed by atoms with Gasteiger partial charge in [0.2, 0.25) is 0 Å². The van der Waals surface area contributed by atoms with Gasteiger partial charge in [0.25, 0.3) is 0 Å². The Hall–Kier alpha value is -0.650. The number of ether oxygens (including phenoxy) is 1. The molecular weight excluding hydrogens is 222 g/mol. The summed E-state index contributed by atoms with van der Waals surface area (Å²) in [6.45, 7) is 4.61. The molecule has 0 aromatic rings. The van der Waals surface area contributed by atoms with E-state index in [9.17, 15) is 4.79 Å². The molecule has 0 saturated carbocycles. The topological polar surface area (TPSA) is 48.0 Å². The van der Waals surface area contributed by atoms with E-state index in [1.165, 1.54) is 20.6 Å². The molecule has 1 saturated heterocycles. The highest BCUT2D eigenvalue weighted by atomic mass is 17.2. The van der Waals surface area contributed by atoms with Gasteiger partial charge in [-0.25, -0.2) is 9.78 Å². The summed E-state index contributed by atoms with van der Waals surface area (Å²) in [5.74, 6) is -0.146. The fraction of sp³-hybridized carbons (Fsp3) is 0.917. The molecule has 1 atom stereocenters. The lowest BCUT2D eigenvalue weighted by Crippen LogP contribution is -2.43. The van der Waals surface area contributed by atoms with Crippen LogP contribution in [0.2, 0.25) is 0 Å². The van der Waals surface area contributed by atoms with Gasteiger partial charge in [0.1, 0.15) is 0 Å².